The third kappa shape index (κ3) is 3.75. The monoisotopic (exact) mass is 324 g/mol. The number of non-ortho nitro benzene ring substituents is 1. The van der Waals surface area contributed by atoms with Crippen molar-refractivity contribution in [1.82, 2.24) is 0 Å². The molecular formula is C17H12N2O5. The van der Waals surface area contributed by atoms with Crippen molar-refractivity contribution in [2.45, 2.75) is 0 Å². The van der Waals surface area contributed by atoms with E-state index in [0.717, 1.165) is 19.2 Å². The molecule has 0 atom stereocenters. The van der Waals surface area contributed by atoms with E-state index in [9.17, 15) is 19.7 Å². The van der Waals surface area contributed by atoms with Gasteiger partial charge in [0.15, 0.2) is 0 Å². The number of rotatable bonds is 4. The fourth-order valence-electron chi connectivity index (χ4n) is 1.97. The summed E-state index contributed by atoms with van der Waals surface area (Å²) in [5, 5.41) is 13.6. The number of nitro groups is 1. The summed E-state index contributed by atoms with van der Waals surface area (Å²) in [6.45, 7) is 0. The van der Waals surface area contributed by atoms with Gasteiger partial charge >= 0.3 is 5.97 Å². The van der Waals surface area contributed by atoms with Crippen LogP contribution in [-0.2, 0) is 4.74 Å². The lowest BCUT2D eigenvalue weighted by Crippen LogP contribution is -2.14. The van der Waals surface area contributed by atoms with Crippen LogP contribution >= 0.6 is 0 Å². The molecule has 0 heterocycles. The number of carbonyl (C=O) groups is 2. The highest BCUT2D eigenvalue weighted by Crippen LogP contribution is 2.19. The van der Waals surface area contributed by atoms with Crippen molar-refractivity contribution in [2.75, 3.05) is 12.4 Å². The number of amides is 1. The number of carbonyl (C=O) groups excluding carboxylic acids is 2. The van der Waals surface area contributed by atoms with Crippen LogP contribution < -0.4 is 5.32 Å². The molecule has 2 rings (SSSR count). The Balaban J connectivity index is 2.37. The molecule has 0 aliphatic rings. The van der Waals surface area contributed by atoms with Crippen molar-refractivity contribution in [1.29, 1.82) is 0 Å². The van der Waals surface area contributed by atoms with Gasteiger partial charge in [-0.2, -0.15) is 0 Å². The number of nitrogens with one attached hydrogen (secondary N) is 1. The van der Waals surface area contributed by atoms with Crippen LogP contribution in [0.4, 0.5) is 11.4 Å². The Morgan fingerprint density at radius 1 is 1.21 bits per heavy atom. The van der Waals surface area contributed by atoms with E-state index in [2.05, 4.69) is 16.0 Å². The van der Waals surface area contributed by atoms with Gasteiger partial charge in [0.2, 0.25) is 0 Å². The molecule has 0 saturated carbocycles. The molecule has 0 spiro atoms. The minimum absolute atomic E-state index is 0.0456. The van der Waals surface area contributed by atoms with E-state index in [1.165, 1.54) is 6.07 Å². The normalized spacial score (nSPS) is 9.67. The highest BCUT2D eigenvalue weighted by Gasteiger charge is 2.18. The molecule has 2 aromatic rings. The largest absolute Gasteiger partial charge is 0.465 e. The smallest absolute Gasteiger partial charge is 0.338 e. The average molecular weight is 324 g/mol. The minimum Gasteiger partial charge on any atom is -0.465 e. The quantitative estimate of drug-likeness (QED) is 0.403. The fraction of sp³-hybridized carbons (Fsp3) is 0.0588. The van der Waals surface area contributed by atoms with Crippen LogP contribution in [0.1, 0.15) is 26.3 Å². The Morgan fingerprint density at radius 2 is 1.92 bits per heavy atom. The molecule has 0 aliphatic carbocycles. The maximum Gasteiger partial charge on any atom is 0.338 e. The second-order valence-corrected chi connectivity index (χ2v) is 4.70. The molecule has 0 saturated heterocycles. The second-order valence-electron chi connectivity index (χ2n) is 4.70. The fourth-order valence-corrected chi connectivity index (χ4v) is 1.97. The van der Waals surface area contributed by atoms with Gasteiger partial charge in [0.25, 0.3) is 11.6 Å². The summed E-state index contributed by atoms with van der Waals surface area (Å²) in [6.07, 6.45) is 5.29. The summed E-state index contributed by atoms with van der Waals surface area (Å²) in [5.41, 5.74) is 0.481. The van der Waals surface area contributed by atoms with Gasteiger partial charge in [-0.15, -0.1) is 6.42 Å². The summed E-state index contributed by atoms with van der Waals surface area (Å²) >= 11 is 0. The van der Waals surface area contributed by atoms with Crippen LogP contribution in [-0.4, -0.2) is 23.9 Å². The van der Waals surface area contributed by atoms with E-state index < -0.39 is 16.8 Å². The van der Waals surface area contributed by atoms with Crippen LogP contribution in [0, 0.1) is 22.5 Å². The van der Waals surface area contributed by atoms with Crippen molar-refractivity contribution in [2.24, 2.45) is 0 Å². The van der Waals surface area contributed by atoms with Crippen molar-refractivity contribution in [3.63, 3.8) is 0 Å². The molecule has 1 N–H and O–H groups in total. The predicted molar refractivity (Wildman–Crippen MR) is 86.8 cm³/mol. The van der Waals surface area contributed by atoms with E-state index >= 15 is 0 Å². The number of esters is 1. The molecule has 0 aromatic heterocycles. The lowest BCUT2D eigenvalue weighted by atomic mass is 10.1. The van der Waals surface area contributed by atoms with Gasteiger partial charge in [-0.1, -0.05) is 12.0 Å². The highest BCUT2D eigenvalue weighted by atomic mass is 16.6. The number of ether oxygens (including phenoxy) is 1. The van der Waals surface area contributed by atoms with Crippen LogP contribution in [0.3, 0.4) is 0 Å². The predicted octanol–water partition coefficient (Wildman–Crippen LogP) is 2.62. The number of methoxy groups -OCH3 is 1. The lowest BCUT2D eigenvalue weighted by Gasteiger charge is -2.07. The van der Waals surface area contributed by atoms with E-state index in [4.69, 9.17) is 6.42 Å². The Morgan fingerprint density at radius 3 is 2.54 bits per heavy atom. The molecule has 0 bridgehead atoms. The number of hydrogen-bond donors (Lipinski definition) is 1. The number of hydrogen-bond acceptors (Lipinski definition) is 5. The third-order valence-electron chi connectivity index (χ3n) is 3.10. The SMILES string of the molecule is C#Cc1cccc(NC(=O)c2cc(C(=O)OC)cc([N+](=O)[O-])c2)c1. The first-order valence-electron chi connectivity index (χ1n) is 6.70. The highest BCUT2D eigenvalue weighted by molar-refractivity contribution is 6.06. The molecule has 0 fully saturated rings. The number of nitrogens with zero attached hydrogens (tertiary/aromatic N) is 1. The maximum absolute atomic E-state index is 12.3. The number of terminal acetylenes is 1. The van der Waals surface area contributed by atoms with Gasteiger partial charge < -0.3 is 10.1 Å². The summed E-state index contributed by atoms with van der Waals surface area (Å²) in [5.74, 6) is 1.05. The zero-order valence-corrected chi connectivity index (χ0v) is 12.6. The average Bonchev–Trinajstić information content (AvgIpc) is 2.60. The van der Waals surface area contributed by atoms with Gasteiger partial charge in [0, 0.05) is 28.9 Å². The summed E-state index contributed by atoms with van der Waals surface area (Å²) in [7, 11) is 1.15. The van der Waals surface area contributed by atoms with Gasteiger partial charge in [-0.05, 0) is 24.3 Å². The van der Waals surface area contributed by atoms with Crippen molar-refractivity contribution < 1.29 is 19.2 Å². The standard InChI is InChI=1S/C17H12N2O5/c1-3-11-5-4-6-14(7-11)18-16(20)12-8-13(17(21)24-2)10-15(9-12)19(22)23/h1,4-10H,2H3,(H,18,20). The Bertz CT molecular complexity index is 868. The molecule has 7 heteroatoms. The van der Waals surface area contributed by atoms with Gasteiger partial charge in [-0.25, -0.2) is 4.79 Å². The van der Waals surface area contributed by atoms with Crippen molar-refractivity contribution in [3.8, 4) is 12.3 Å². The minimum atomic E-state index is -0.776. The van der Waals surface area contributed by atoms with Crippen molar-refractivity contribution >= 4 is 23.3 Å². The zero-order chi connectivity index (χ0) is 17.7. The number of benzene rings is 2. The Kier molecular flexibility index (Phi) is 4.92. The summed E-state index contributed by atoms with van der Waals surface area (Å²) in [4.78, 5) is 34.2. The first-order chi connectivity index (χ1) is 11.4. The lowest BCUT2D eigenvalue weighted by molar-refractivity contribution is -0.384. The van der Waals surface area contributed by atoms with Crippen LogP contribution in [0.5, 0.6) is 0 Å². The van der Waals surface area contributed by atoms with Gasteiger partial charge in [-0.3, -0.25) is 14.9 Å². The topological polar surface area (TPSA) is 98.5 Å². The summed E-state index contributed by atoms with van der Waals surface area (Å²) < 4.78 is 4.54. The number of anilines is 1. The van der Waals surface area contributed by atoms with Crippen molar-refractivity contribution in [3.05, 3.63) is 69.3 Å². The molecule has 24 heavy (non-hydrogen) atoms. The molecule has 2 aromatic carbocycles. The van der Waals surface area contributed by atoms with E-state index in [-0.39, 0.29) is 16.8 Å². The summed E-state index contributed by atoms with van der Waals surface area (Å²) in [6, 6.07) is 9.90. The second kappa shape index (κ2) is 7.07. The van der Waals surface area contributed by atoms with E-state index in [1.807, 2.05) is 0 Å². The molecule has 0 radical (unpaired) electrons. The molecular weight excluding hydrogens is 312 g/mol. The van der Waals surface area contributed by atoms with Crippen LogP contribution in [0.25, 0.3) is 0 Å². The first kappa shape index (κ1) is 16.7. The van der Waals surface area contributed by atoms with Gasteiger partial charge in [0.1, 0.15) is 0 Å². The molecule has 7 nitrogen and oxygen atoms in total. The maximum atomic E-state index is 12.3. The Labute approximate surface area is 137 Å². The first-order valence-corrected chi connectivity index (χ1v) is 6.70. The molecule has 120 valence electrons. The van der Waals surface area contributed by atoms with Gasteiger partial charge in [0.05, 0.1) is 17.6 Å². The molecule has 0 unspecified atom stereocenters. The van der Waals surface area contributed by atoms with Crippen LogP contribution in [0.15, 0.2) is 42.5 Å². The Hall–Kier alpha value is -3.66. The number of nitro benzene ring substituents is 1. The molecule has 1 amide bonds. The van der Waals surface area contributed by atoms with E-state index in [0.29, 0.717) is 11.3 Å². The van der Waals surface area contributed by atoms with Crippen LogP contribution in [0.2, 0.25) is 0 Å². The molecule has 0 aliphatic heterocycles. The third-order valence-corrected chi connectivity index (χ3v) is 3.10. The zero-order valence-electron chi connectivity index (χ0n) is 12.6. The van der Waals surface area contributed by atoms with E-state index in [1.54, 1.807) is 24.3 Å².